The summed E-state index contributed by atoms with van der Waals surface area (Å²) in [6.07, 6.45) is 1.97. The number of halogens is 1. The van der Waals surface area contributed by atoms with E-state index in [0.29, 0.717) is 17.9 Å². The first-order valence-electron chi connectivity index (χ1n) is 8.66. The highest BCUT2D eigenvalue weighted by molar-refractivity contribution is 5.93. The minimum absolute atomic E-state index is 0.128. The van der Waals surface area contributed by atoms with Gasteiger partial charge in [0.15, 0.2) is 5.69 Å². The Morgan fingerprint density at radius 1 is 1.12 bits per heavy atom. The van der Waals surface area contributed by atoms with E-state index >= 15 is 0 Å². The van der Waals surface area contributed by atoms with Crippen LogP contribution in [-0.4, -0.2) is 31.8 Å². The Bertz CT molecular complexity index is 917. The molecule has 5 nitrogen and oxygen atoms in total. The Morgan fingerprint density at radius 2 is 1.81 bits per heavy atom. The van der Waals surface area contributed by atoms with Gasteiger partial charge in [0.2, 0.25) is 0 Å². The highest BCUT2D eigenvalue weighted by atomic mass is 19.1. The van der Waals surface area contributed by atoms with Gasteiger partial charge < -0.3 is 4.90 Å². The summed E-state index contributed by atoms with van der Waals surface area (Å²) in [6.45, 7) is 2.24. The first-order valence-corrected chi connectivity index (χ1v) is 8.66. The lowest BCUT2D eigenvalue weighted by atomic mass is 10.2. The molecular formula is C20H19FN4O. The molecule has 1 heterocycles. The Morgan fingerprint density at radius 3 is 2.46 bits per heavy atom. The van der Waals surface area contributed by atoms with Crippen LogP contribution in [0.25, 0.3) is 5.69 Å². The van der Waals surface area contributed by atoms with E-state index in [0.717, 1.165) is 24.1 Å². The van der Waals surface area contributed by atoms with E-state index in [-0.39, 0.29) is 17.8 Å². The molecule has 1 aliphatic rings. The predicted octanol–water partition coefficient (Wildman–Crippen LogP) is 3.52. The fourth-order valence-corrected chi connectivity index (χ4v) is 2.93. The molecule has 3 aromatic rings. The second kappa shape index (κ2) is 6.71. The SMILES string of the molecule is Cc1nn(-c2ccccc2)nc1C(=O)N(Cc1ccc(F)cc1)C1CC1. The fraction of sp³-hybridized carbons (Fsp3) is 0.250. The molecule has 0 saturated heterocycles. The summed E-state index contributed by atoms with van der Waals surface area (Å²) in [6, 6.07) is 16.0. The molecule has 0 radical (unpaired) electrons. The number of aryl methyl sites for hydroxylation is 1. The minimum atomic E-state index is -0.278. The van der Waals surface area contributed by atoms with Crippen molar-refractivity contribution in [3.63, 3.8) is 0 Å². The van der Waals surface area contributed by atoms with Crippen LogP contribution < -0.4 is 0 Å². The average molecular weight is 350 g/mol. The minimum Gasteiger partial charge on any atom is -0.330 e. The molecule has 0 N–H and O–H groups in total. The maximum Gasteiger partial charge on any atom is 0.276 e. The van der Waals surface area contributed by atoms with Gasteiger partial charge in [-0.3, -0.25) is 4.79 Å². The third-order valence-electron chi connectivity index (χ3n) is 4.49. The summed E-state index contributed by atoms with van der Waals surface area (Å²) in [4.78, 5) is 16.4. The second-order valence-electron chi connectivity index (χ2n) is 6.55. The van der Waals surface area contributed by atoms with Crippen LogP contribution in [0.1, 0.15) is 34.6 Å². The van der Waals surface area contributed by atoms with Crippen molar-refractivity contribution < 1.29 is 9.18 Å². The Hall–Kier alpha value is -3.02. The Kier molecular flexibility index (Phi) is 4.24. The van der Waals surface area contributed by atoms with Gasteiger partial charge in [-0.15, -0.1) is 5.10 Å². The van der Waals surface area contributed by atoms with Gasteiger partial charge in [0.1, 0.15) is 5.82 Å². The maximum atomic E-state index is 13.1. The highest BCUT2D eigenvalue weighted by Crippen LogP contribution is 2.30. The second-order valence-corrected chi connectivity index (χ2v) is 6.55. The molecule has 1 fully saturated rings. The number of carbonyl (C=O) groups excluding carboxylic acids is 1. The molecule has 0 atom stereocenters. The standard InChI is InChI=1S/C20H19FN4O/c1-14-19(23-25(22-14)18-5-3-2-4-6-18)20(26)24(17-11-12-17)13-15-7-9-16(21)10-8-15/h2-10,17H,11-13H2,1H3. The first-order chi connectivity index (χ1) is 12.6. The summed E-state index contributed by atoms with van der Waals surface area (Å²) >= 11 is 0. The molecule has 0 aliphatic heterocycles. The van der Waals surface area contributed by atoms with Gasteiger partial charge in [0.25, 0.3) is 5.91 Å². The number of hydrogen-bond donors (Lipinski definition) is 0. The molecule has 0 bridgehead atoms. The van der Waals surface area contributed by atoms with Gasteiger partial charge >= 0.3 is 0 Å². The molecular weight excluding hydrogens is 331 g/mol. The van der Waals surface area contributed by atoms with E-state index in [1.54, 1.807) is 19.1 Å². The van der Waals surface area contributed by atoms with Crippen LogP contribution in [0.2, 0.25) is 0 Å². The van der Waals surface area contributed by atoms with Crippen molar-refractivity contribution in [3.8, 4) is 5.69 Å². The Balaban J connectivity index is 1.60. The van der Waals surface area contributed by atoms with E-state index in [1.807, 2.05) is 35.2 Å². The molecule has 2 aromatic carbocycles. The molecule has 0 unspecified atom stereocenters. The zero-order valence-electron chi connectivity index (χ0n) is 14.5. The topological polar surface area (TPSA) is 51.0 Å². The normalized spacial score (nSPS) is 13.6. The zero-order chi connectivity index (χ0) is 18.1. The number of para-hydroxylation sites is 1. The van der Waals surface area contributed by atoms with Crippen molar-refractivity contribution in [3.05, 3.63) is 77.4 Å². The van der Waals surface area contributed by atoms with Crippen molar-refractivity contribution >= 4 is 5.91 Å². The monoisotopic (exact) mass is 350 g/mol. The van der Waals surface area contributed by atoms with Gasteiger partial charge in [0, 0.05) is 12.6 Å². The molecule has 132 valence electrons. The van der Waals surface area contributed by atoms with Gasteiger partial charge in [-0.1, -0.05) is 30.3 Å². The Labute approximate surface area is 151 Å². The molecule has 1 aromatic heterocycles. The molecule has 4 rings (SSSR count). The van der Waals surface area contributed by atoms with Crippen molar-refractivity contribution in [2.75, 3.05) is 0 Å². The largest absolute Gasteiger partial charge is 0.330 e. The van der Waals surface area contributed by atoms with E-state index < -0.39 is 0 Å². The van der Waals surface area contributed by atoms with Crippen LogP contribution >= 0.6 is 0 Å². The van der Waals surface area contributed by atoms with E-state index in [1.165, 1.54) is 16.9 Å². The van der Waals surface area contributed by atoms with E-state index in [9.17, 15) is 9.18 Å². The third-order valence-corrected chi connectivity index (χ3v) is 4.49. The molecule has 26 heavy (non-hydrogen) atoms. The van der Waals surface area contributed by atoms with Crippen LogP contribution in [-0.2, 0) is 6.54 Å². The van der Waals surface area contributed by atoms with Crippen molar-refractivity contribution in [1.82, 2.24) is 19.9 Å². The van der Waals surface area contributed by atoms with Crippen LogP contribution in [0.4, 0.5) is 4.39 Å². The summed E-state index contributed by atoms with van der Waals surface area (Å²) in [5.74, 6) is -0.406. The van der Waals surface area contributed by atoms with Crippen molar-refractivity contribution in [1.29, 1.82) is 0 Å². The zero-order valence-corrected chi connectivity index (χ0v) is 14.5. The number of amides is 1. The summed E-state index contributed by atoms with van der Waals surface area (Å²) in [5.41, 5.74) is 2.68. The van der Waals surface area contributed by atoms with E-state index in [4.69, 9.17) is 0 Å². The lowest BCUT2D eigenvalue weighted by molar-refractivity contribution is 0.0722. The van der Waals surface area contributed by atoms with Crippen molar-refractivity contribution in [2.24, 2.45) is 0 Å². The molecule has 1 amide bonds. The van der Waals surface area contributed by atoms with Crippen LogP contribution in [0.15, 0.2) is 54.6 Å². The number of nitrogens with zero attached hydrogens (tertiary/aromatic N) is 4. The molecule has 6 heteroatoms. The number of carbonyl (C=O) groups is 1. The fourth-order valence-electron chi connectivity index (χ4n) is 2.93. The lowest BCUT2D eigenvalue weighted by Gasteiger charge is -2.21. The number of hydrogen-bond acceptors (Lipinski definition) is 3. The number of rotatable bonds is 5. The first kappa shape index (κ1) is 16.4. The predicted molar refractivity (Wildman–Crippen MR) is 95.4 cm³/mol. The molecule has 0 spiro atoms. The van der Waals surface area contributed by atoms with Crippen LogP contribution in [0, 0.1) is 12.7 Å². The van der Waals surface area contributed by atoms with Gasteiger partial charge in [0.05, 0.1) is 11.4 Å². The maximum absolute atomic E-state index is 13.1. The highest BCUT2D eigenvalue weighted by Gasteiger charge is 2.35. The summed E-state index contributed by atoms with van der Waals surface area (Å²) in [5, 5.41) is 8.81. The molecule has 1 saturated carbocycles. The third kappa shape index (κ3) is 3.35. The van der Waals surface area contributed by atoms with Crippen LogP contribution in [0.3, 0.4) is 0 Å². The van der Waals surface area contributed by atoms with Gasteiger partial charge in [-0.05, 0) is 49.6 Å². The number of aromatic nitrogens is 3. The van der Waals surface area contributed by atoms with Gasteiger partial charge in [-0.25, -0.2) is 4.39 Å². The average Bonchev–Trinajstić information content (AvgIpc) is 3.43. The quantitative estimate of drug-likeness (QED) is 0.707. The van der Waals surface area contributed by atoms with Crippen molar-refractivity contribution in [2.45, 2.75) is 32.4 Å². The lowest BCUT2D eigenvalue weighted by Crippen LogP contribution is -2.33. The van der Waals surface area contributed by atoms with Crippen LogP contribution in [0.5, 0.6) is 0 Å². The summed E-state index contributed by atoms with van der Waals surface area (Å²) in [7, 11) is 0. The van der Waals surface area contributed by atoms with E-state index in [2.05, 4.69) is 10.2 Å². The smallest absolute Gasteiger partial charge is 0.276 e. The summed E-state index contributed by atoms with van der Waals surface area (Å²) < 4.78 is 13.1. The molecule has 1 aliphatic carbocycles. The number of benzene rings is 2. The van der Waals surface area contributed by atoms with Gasteiger partial charge in [-0.2, -0.15) is 9.90 Å².